The molecular weight excluding hydrogens is 584 g/mol. The van der Waals surface area contributed by atoms with Crippen LogP contribution in [0.5, 0.6) is 0 Å². The second kappa shape index (κ2) is 37.0. The van der Waals surface area contributed by atoms with Crippen molar-refractivity contribution in [1.29, 1.82) is 0 Å². The van der Waals surface area contributed by atoms with Gasteiger partial charge in [-0.25, -0.2) is 0 Å². The zero-order chi connectivity index (χ0) is 34.5. The molecule has 47 heavy (non-hydrogen) atoms. The predicted octanol–water partition coefficient (Wildman–Crippen LogP) is 10.6. The van der Waals surface area contributed by atoms with E-state index in [1.165, 1.54) is 116 Å². The Kier molecular flexibility index (Phi) is 36.8. The van der Waals surface area contributed by atoms with Crippen molar-refractivity contribution in [2.24, 2.45) is 5.41 Å². The Morgan fingerprint density at radius 1 is 0.340 bits per heavy atom. The van der Waals surface area contributed by atoms with E-state index in [0.717, 1.165) is 105 Å². The van der Waals surface area contributed by atoms with Gasteiger partial charge < -0.3 is 28.7 Å². The van der Waals surface area contributed by atoms with Gasteiger partial charge in [-0.1, -0.05) is 144 Å². The molecule has 0 saturated carbocycles. The summed E-state index contributed by atoms with van der Waals surface area (Å²) in [5.41, 5.74) is -0.0768. The zero-order valence-electron chi connectivity index (χ0n) is 33.1. The summed E-state index contributed by atoms with van der Waals surface area (Å²) >= 11 is 0. The third-order valence-corrected chi connectivity index (χ3v) is 9.90. The topological polar surface area (TPSA) is 43.4 Å². The lowest BCUT2D eigenvalue weighted by Gasteiger charge is -2.34. The largest absolute Gasteiger partial charge is 0.381 e. The Balaban J connectivity index is 4.87. The van der Waals surface area contributed by atoms with Crippen molar-refractivity contribution >= 4 is 0 Å². The number of rotatable bonds is 40. The molecule has 0 saturated heterocycles. The molecule has 6 nitrogen and oxygen atoms in total. The van der Waals surface area contributed by atoms with E-state index in [-0.39, 0.29) is 5.41 Å². The Morgan fingerprint density at radius 2 is 0.660 bits per heavy atom. The summed E-state index contributed by atoms with van der Waals surface area (Å²) < 4.78 is 25.2. The highest BCUT2D eigenvalue weighted by molar-refractivity contribution is 4.80. The van der Waals surface area contributed by atoms with Gasteiger partial charge in [0.15, 0.2) is 0 Å². The Morgan fingerprint density at radius 3 is 1.06 bits per heavy atom. The molecule has 284 valence electrons. The minimum absolute atomic E-state index is 0.0768. The fourth-order valence-corrected chi connectivity index (χ4v) is 6.33. The van der Waals surface area contributed by atoms with E-state index in [4.69, 9.17) is 18.9 Å². The van der Waals surface area contributed by atoms with Gasteiger partial charge >= 0.3 is 0 Å². The summed E-state index contributed by atoms with van der Waals surface area (Å²) in [6, 6.07) is 0. The molecule has 0 aliphatic carbocycles. The van der Waals surface area contributed by atoms with Crippen LogP contribution in [0.2, 0.25) is 0 Å². The van der Waals surface area contributed by atoms with Crippen LogP contribution in [0.25, 0.3) is 0 Å². The average Bonchev–Trinajstić information content (AvgIpc) is 3.09. The SMILES string of the molecule is CCCCCCCCCCCCOCC(CCCCCCCOCCCCCC)(COCCN(CC)CC)COCCN(CC)CC. The van der Waals surface area contributed by atoms with E-state index in [1.54, 1.807) is 0 Å². The Bertz CT molecular complexity index is 536. The molecule has 0 aromatic carbocycles. The maximum Gasteiger partial charge on any atom is 0.0593 e. The first-order chi connectivity index (χ1) is 23.1. The first kappa shape index (κ1) is 46.8. The highest BCUT2D eigenvalue weighted by Gasteiger charge is 2.31. The van der Waals surface area contributed by atoms with E-state index >= 15 is 0 Å². The van der Waals surface area contributed by atoms with Crippen molar-refractivity contribution in [2.45, 2.75) is 170 Å². The third kappa shape index (κ3) is 30.3. The first-order valence-corrected chi connectivity index (χ1v) is 20.9. The molecule has 6 heteroatoms. The maximum absolute atomic E-state index is 6.47. The number of ether oxygens (including phenoxy) is 4. The van der Waals surface area contributed by atoms with Gasteiger partial charge in [0.2, 0.25) is 0 Å². The van der Waals surface area contributed by atoms with Gasteiger partial charge in [-0.15, -0.1) is 0 Å². The van der Waals surface area contributed by atoms with Crippen molar-refractivity contribution in [3.63, 3.8) is 0 Å². The fourth-order valence-electron chi connectivity index (χ4n) is 6.33. The lowest BCUT2D eigenvalue weighted by Crippen LogP contribution is -2.39. The van der Waals surface area contributed by atoms with Gasteiger partial charge in [0, 0.05) is 38.3 Å². The lowest BCUT2D eigenvalue weighted by molar-refractivity contribution is -0.0785. The second-order valence-corrected chi connectivity index (χ2v) is 14.1. The zero-order valence-corrected chi connectivity index (χ0v) is 33.1. The molecule has 0 aliphatic heterocycles. The minimum atomic E-state index is -0.0768. The standard InChI is InChI=1S/C41H86N2O4/c1-7-13-15-17-18-19-20-21-24-29-35-45-38-41(39-46-36-31-42(9-3)10-4,40-47-37-32-43(11-5)12-6)30-26-23-22-25-28-34-44-33-27-16-14-8-2/h7-40H2,1-6H3. The second-order valence-electron chi connectivity index (χ2n) is 14.1. The summed E-state index contributed by atoms with van der Waals surface area (Å²) in [7, 11) is 0. The van der Waals surface area contributed by atoms with Crippen LogP contribution < -0.4 is 0 Å². The van der Waals surface area contributed by atoms with Crippen LogP contribution in [-0.2, 0) is 18.9 Å². The summed E-state index contributed by atoms with van der Waals surface area (Å²) in [6.07, 6.45) is 26.0. The van der Waals surface area contributed by atoms with E-state index in [0.29, 0.717) is 0 Å². The van der Waals surface area contributed by atoms with Crippen LogP contribution in [0.3, 0.4) is 0 Å². The molecule has 0 atom stereocenters. The number of nitrogens with zero attached hydrogens (tertiary/aromatic N) is 2. The molecule has 0 aromatic heterocycles. The molecule has 0 radical (unpaired) electrons. The van der Waals surface area contributed by atoms with Crippen molar-refractivity contribution < 1.29 is 18.9 Å². The van der Waals surface area contributed by atoms with Crippen LogP contribution >= 0.6 is 0 Å². The normalized spacial score (nSPS) is 12.3. The Hall–Kier alpha value is -0.240. The lowest BCUT2D eigenvalue weighted by atomic mass is 9.84. The molecule has 0 rings (SSSR count). The van der Waals surface area contributed by atoms with Crippen LogP contribution in [0, 0.1) is 5.41 Å². The van der Waals surface area contributed by atoms with Crippen LogP contribution in [0.15, 0.2) is 0 Å². The van der Waals surface area contributed by atoms with Gasteiger partial charge in [0.25, 0.3) is 0 Å². The molecule has 0 bridgehead atoms. The minimum Gasteiger partial charge on any atom is -0.381 e. The first-order valence-electron chi connectivity index (χ1n) is 20.9. The summed E-state index contributed by atoms with van der Waals surface area (Å²) in [4.78, 5) is 4.89. The highest BCUT2D eigenvalue weighted by atomic mass is 16.5. The van der Waals surface area contributed by atoms with Crippen molar-refractivity contribution in [2.75, 3.05) is 92.1 Å². The number of unbranched alkanes of at least 4 members (excludes halogenated alkanes) is 16. The number of likely N-dealkylation sites (N-methyl/N-ethyl adjacent to an activating group) is 2. The quantitative estimate of drug-likeness (QED) is 0.0605. The van der Waals surface area contributed by atoms with E-state index in [9.17, 15) is 0 Å². The van der Waals surface area contributed by atoms with E-state index in [1.807, 2.05) is 0 Å². The molecule has 0 aromatic rings. The van der Waals surface area contributed by atoms with Gasteiger partial charge in [0.1, 0.15) is 0 Å². The van der Waals surface area contributed by atoms with Crippen LogP contribution in [0.4, 0.5) is 0 Å². The predicted molar refractivity (Wildman–Crippen MR) is 205 cm³/mol. The van der Waals surface area contributed by atoms with Crippen LogP contribution in [-0.4, -0.2) is 102 Å². The molecule has 0 amide bonds. The molecular formula is C41H86N2O4. The molecule has 0 aliphatic rings. The summed E-state index contributed by atoms with van der Waals surface area (Å²) in [5, 5.41) is 0. The molecule has 0 unspecified atom stereocenters. The van der Waals surface area contributed by atoms with Crippen molar-refractivity contribution in [3.8, 4) is 0 Å². The van der Waals surface area contributed by atoms with Gasteiger partial charge in [-0.2, -0.15) is 0 Å². The smallest absolute Gasteiger partial charge is 0.0593 e. The van der Waals surface area contributed by atoms with Gasteiger partial charge in [-0.3, -0.25) is 0 Å². The van der Waals surface area contributed by atoms with Gasteiger partial charge in [-0.05, 0) is 51.9 Å². The summed E-state index contributed by atoms with van der Waals surface area (Å²) in [5.74, 6) is 0. The molecule has 0 heterocycles. The number of hydrogen-bond acceptors (Lipinski definition) is 6. The monoisotopic (exact) mass is 671 g/mol. The van der Waals surface area contributed by atoms with E-state index in [2.05, 4.69) is 51.3 Å². The van der Waals surface area contributed by atoms with Crippen molar-refractivity contribution in [1.82, 2.24) is 9.80 Å². The molecule has 0 fully saturated rings. The maximum atomic E-state index is 6.47. The Labute approximate surface area is 295 Å². The molecule has 0 N–H and O–H groups in total. The summed E-state index contributed by atoms with van der Waals surface area (Å²) in [6.45, 7) is 26.2. The van der Waals surface area contributed by atoms with Crippen LogP contribution in [0.1, 0.15) is 170 Å². The highest BCUT2D eigenvalue weighted by Crippen LogP contribution is 2.28. The van der Waals surface area contributed by atoms with Gasteiger partial charge in [0.05, 0.1) is 33.0 Å². The fraction of sp³-hybridized carbons (Fsp3) is 1.00. The van der Waals surface area contributed by atoms with E-state index < -0.39 is 0 Å². The molecule has 0 spiro atoms. The number of hydrogen-bond donors (Lipinski definition) is 0. The van der Waals surface area contributed by atoms with Crippen molar-refractivity contribution in [3.05, 3.63) is 0 Å². The third-order valence-electron chi connectivity index (χ3n) is 9.90. The average molecular weight is 671 g/mol.